The van der Waals surface area contributed by atoms with Gasteiger partial charge in [0.05, 0.1) is 6.04 Å². The number of nitrogens with zero attached hydrogens (tertiary/aromatic N) is 4. The van der Waals surface area contributed by atoms with Crippen LogP contribution in [0.1, 0.15) is 45.6 Å². The zero-order valence-corrected chi connectivity index (χ0v) is 12.6. The topological polar surface area (TPSA) is 95.6 Å². The number of hydrogen-bond acceptors (Lipinski definition) is 5. The van der Waals surface area contributed by atoms with Crippen LogP contribution in [-0.2, 0) is 0 Å². The number of aromatic nitrogens is 4. The monoisotopic (exact) mass is 286 g/mol. The van der Waals surface area contributed by atoms with Crippen LogP contribution >= 0.6 is 0 Å². The van der Waals surface area contributed by atoms with E-state index in [2.05, 4.69) is 29.4 Å². The fourth-order valence-corrected chi connectivity index (χ4v) is 3.03. The molecule has 0 radical (unpaired) electrons. The standard InChI is InChI=1S/C15H22N6/c1-15(2)7-5-11(6-8-15)21-14(18-19-20-21)12-4-3-10(16)9-13(12)17/h3-4,9,11H,5-8,16-17H2,1-2H3. The molecule has 0 saturated heterocycles. The summed E-state index contributed by atoms with van der Waals surface area (Å²) in [6, 6.07) is 5.81. The first-order chi connectivity index (χ1) is 9.96. The minimum atomic E-state index is 0.347. The molecule has 1 aliphatic rings. The Labute approximate surface area is 124 Å². The molecule has 2 aromatic rings. The van der Waals surface area contributed by atoms with Gasteiger partial charge < -0.3 is 11.5 Å². The van der Waals surface area contributed by atoms with Gasteiger partial charge in [-0.15, -0.1) is 5.10 Å². The summed E-state index contributed by atoms with van der Waals surface area (Å²) in [6.45, 7) is 4.64. The summed E-state index contributed by atoms with van der Waals surface area (Å²) in [6.07, 6.45) is 4.57. The minimum absolute atomic E-state index is 0.347. The van der Waals surface area contributed by atoms with Crippen molar-refractivity contribution in [1.29, 1.82) is 0 Å². The van der Waals surface area contributed by atoms with E-state index in [1.54, 1.807) is 6.07 Å². The highest BCUT2D eigenvalue weighted by Gasteiger charge is 2.30. The van der Waals surface area contributed by atoms with Crippen molar-refractivity contribution in [3.8, 4) is 11.4 Å². The van der Waals surface area contributed by atoms with Gasteiger partial charge in [-0.1, -0.05) is 13.8 Å². The van der Waals surface area contributed by atoms with E-state index in [1.807, 2.05) is 16.8 Å². The van der Waals surface area contributed by atoms with Gasteiger partial charge in [-0.05, 0) is 59.7 Å². The maximum Gasteiger partial charge on any atom is 0.184 e. The molecule has 0 spiro atoms. The van der Waals surface area contributed by atoms with Crippen molar-refractivity contribution in [3.05, 3.63) is 18.2 Å². The summed E-state index contributed by atoms with van der Waals surface area (Å²) in [5, 5.41) is 12.2. The van der Waals surface area contributed by atoms with Gasteiger partial charge in [-0.25, -0.2) is 4.68 Å². The average molecular weight is 286 g/mol. The number of rotatable bonds is 2. The van der Waals surface area contributed by atoms with Crippen LogP contribution in [0.5, 0.6) is 0 Å². The van der Waals surface area contributed by atoms with E-state index in [0.717, 1.165) is 24.2 Å². The van der Waals surface area contributed by atoms with Crippen LogP contribution < -0.4 is 11.5 Å². The number of nitrogens with two attached hydrogens (primary N) is 2. The molecule has 21 heavy (non-hydrogen) atoms. The van der Waals surface area contributed by atoms with Crippen molar-refractivity contribution in [2.24, 2.45) is 5.41 Å². The third-order valence-electron chi connectivity index (χ3n) is 4.46. The normalized spacial score (nSPS) is 18.8. The zero-order valence-electron chi connectivity index (χ0n) is 12.6. The Kier molecular flexibility index (Phi) is 3.31. The number of tetrazole rings is 1. The van der Waals surface area contributed by atoms with Crippen LogP contribution in [0.4, 0.5) is 11.4 Å². The second kappa shape index (κ2) is 5.02. The lowest BCUT2D eigenvalue weighted by Crippen LogP contribution is -2.24. The summed E-state index contributed by atoms with van der Waals surface area (Å²) in [5.74, 6) is 0.734. The number of nitrogen functional groups attached to an aromatic ring is 2. The highest BCUT2D eigenvalue weighted by molar-refractivity contribution is 5.74. The molecule has 0 unspecified atom stereocenters. The van der Waals surface area contributed by atoms with Crippen LogP contribution in [-0.4, -0.2) is 20.2 Å². The molecular weight excluding hydrogens is 264 g/mol. The van der Waals surface area contributed by atoms with E-state index in [-0.39, 0.29) is 0 Å². The van der Waals surface area contributed by atoms with Gasteiger partial charge in [0.2, 0.25) is 0 Å². The van der Waals surface area contributed by atoms with Gasteiger partial charge in [-0.2, -0.15) is 0 Å². The molecule has 0 amide bonds. The lowest BCUT2D eigenvalue weighted by molar-refractivity contribution is 0.185. The third kappa shape index (κ3) is 2.70. The van der Waals surface area contributed by atoms with Gasteiger partial charge in [-0.3, -0.25) is 0 Å². The van der Waals surface area contributed by atoms with Gasteiger partial charge in [0.15, 0.2) is 5.82 Å². The van der Waals surface area contributed by atoms with Gasteiger partial charge in [0, 0.05) is 16.9 Å². The molecule has 112 valence electrons. The fourth-order valence-electron chi connectivity index (χ4n) is 3.03. The first-order valence-electron chi connectivity index (χ1n) is 7.39. The molecule has 6 nitrogen and oxygen atoms in total. The molecule has 1 aromatic heterocycles. The Bertz CT molecular complexity index is 635. The van der Waals surface area contributed by atoms with Crippen LogP contribution in [0.2, 0.25) is 0 Å². The van der Waals surface area contributed by atoms with Crippen LogP contribution in [0.3, 0.4) is 0 Å². The summed E-state index contributed by atoms with van der Waals surface area (Å²) < 4.78 is 1.93. The Morgan fingerprint density at radius 3 is 2.57 bits per heavy atom. The van der Waals surface area contributed by atoms with Crippen molar-refractivity contribution in [2.75, 3.05) is 11.5 Å². The smallest absolute Gasteiger partial charge is 0.184 e. The fraction of sp³-hybridized carbons (Fsp3) is 0.533. The number of anilines is 2. The van der Waals surface area contributed by atoms with E-state index in [0.29, 0.717) is 22.8 Å². The molecular formula is C15H22N6. The lowest BCUT2D eigenvalue weighted by atomic mass is 9.75. The van der Waals surface area contributed by atoms with Crippen molar-refractivity contribution in [1.82, 2.24) is 20.2 Å². The number of benzene rings is 1. The Hall–Kier alpha value is -2.11. The first kappa shape index (κ1) is 13.9. The SMILES string of the molecule is CC1(C)CCC(n2nnnc2-c2ccc(N)cc2N)CC1. The van der Waals surface area contributed by atoms with Crippen LogP contribution in [0.15, 0.2) is 18.2 Å². The summed E-state index contributed by atoms with van der Waals surface area (Å²) in [4.78, 5) is 0. The van der Waals surface area contributed by atoms with E-state index in [1.165, 1.54) is 12.8 Å². The Morgan fingerprint density at radius 1 is 1.19 bits per heavy atom. The predicted molar refractivity (Wildman–Crippen MR) is 83.4 cm³/mol. The average Bonchev–Trinajstić information content (AvgIpc) is 2.88. The predicted octanol–water partition coefficient (Wildman–Crippen LogP) is 2.65. The summed E-state index contributed by atoms with van der Waals surface area (Å²) in [5.41, 5.74) is 14.3. The van der Waals surface area contributed by atoms with Crippen LogP contribution in [0, 0.1) is 5.41 Å². The largest absolute Gasteiger partial charge is 0.399 e. The van der Waals surface area contributed by atoms with Crippen molar-refractivity contribution >= 4 is 11.4 Å². The van der Waals surface area contributed by atoms with Crippen molar-refractivity contribution in [3.63, 3.8) is 0 Å². The Morgan fingerprint density at radius 2 is 1.90 bits per heavy atom. The van der Waals surface area contributed by atoms with Crippen molar-refractivity contribution in [2.45, 2.75) is 45.6 Å². The first-order valence-corrected chi connectivity index (χ1v) is 7.39. The molecule has 0 aliphatic heterocycles. The maximum absolute atomic E-state index is 6.07. The second-order valence-corrected chi connectivity index (χ2v) is 6.69. The molecule has 6 heteroatoms. The molecule has 1 heterocycles. The summed E-state index contributed by atoms with van der Waals surface area (Å²) >= 11 is 0. The molecule has 1 aromatic carbocycles. The van der Waals surface area contributed by atoms with E-state index >= 15 is 0 Å². The highest BCUT2D eigenvalue weighted by Crippen LogP contribution is 2.41. The molecule has 4 N–H and O–H groups in total. The second-order valence-electron chi connectivity index (χ2n) is 6.69. The zero-order chi connectivity index (χ0) is 15.0. The maximum atomic E-state index is 6.07. The Balaban J connectivity index is 1.91. The molecule has 1 fully saturated rings. The van der Waals surface area contributed by atoms with Gasteiger partial charge in [0.1, 0.15) is 0 Å². The highest BCUT2D eigenvalue weighted by atomic mass is 15.5. The quantitative estimate of drug-likeness (QED) is 0.827. The van der Waals surface area contributed by atoms with E-state index in [9.17, 15) is 0 Å². The molecule has 0 atom stereocenters. The molecule has 3 rings (SSSR count). The van der Waals surface area contributed by atoms with E-state index in [4.69, 9.17) is 11.5 Å². The molecule has 0 bridgehead atoms. The molecule has 1 saturated carbocycles. The van der Waals surface area contributed by atoms with Crippen molar-refractivity contribution < 1.29 is 0 Å². The summed E-state index contributed by atoms with van der Waals surface area (Å²) in [7, 11) is 0. The molecule has 1 aliphatic carbocycles. The lowest BCUT2D eigenvalue weighted by Gasteiger charge is -2.34. The number of hydrogen-bond donors (Lipinski definition) is 2. The van der Waals surface area contributed by atoms with Gasteiger partial charge in [0.25, 0.3) is 0 Å². The van der Waals surface area contributed by atoms with Gasteiger partial charge >= 0.3 is 0 Å². The van der Waals surface area contributed by atoms with Crippen LogP contribution in [0.25, 0.3) is 11.4 Å². The minimum Gasteiger partial charge on any atom is -0.399 e. The van der Waals surface area contributed by atoms with E-state index < -0.39 is 0 Å². The third-order valence-corrected chi connectivity index (χ3v) is 4.46.